The van der Waals surface area contributed by atoms with Crippen LogP contribution in [0, 0.1) is 0 Å². The van der Waals surface area contributed by atoms with Crippen molar-refractivity contribution in [3.8, 4) is 23.0 Å². The quantitative estimate of drug-likeness (QED) is 0.582. The fourth-order valence-electron chi connectivity index (χ4n) is 2.73. The summed E-state index contributed by atoms with van der Waals surface area (Å²) < 4.78 is 26.9. The molecule has 8 heteroatoms. The first-order valence-corrected chi connectivity index (χ1v) is 7.78. The number of benzene rings is 1. The predicted molar refractivity (Wildman–Crippen MR) is 89.6 cm³/mol. The highest BCUT2D eigenvalue weighted by Gasteiger charge is 2.35. The summed E-state index contributed by atoms with van der Waals surface area (Å²) in [6.45, 7) is 2.54. The zero-order chi connectivity index (χ0) is 18.7. The van der Waals surface area contributed by atoms with Gasteiger partial charge >= 0.3 is 11.9 Å². The van der Waals surface area contributed by atoms with Gasteiger partial charge in [-0.25, -0.2) is 0 Å². The van der Waals surface area contributed by atoms with E-state index in [-0.39, 0.29) is 29.4 Å². The molecule has 0 heterocycles. The molecule has 1 aliphatic carbocycles. The number of ether oxygens (including phenoxy) is 5. The van der Waals surface area contributed by atoms with Crippen molar-refractivity contribution in [2.75, 3.05) is 21.3 Å². The molecule has 0 fully saturated rings. The Morgan fingerprint density at radius 1 is 0.960 bits per heavy atom. The molecule has 0 aliphatic heterocycles. The van der Waals surface area contributed by atoms with Crippen LogP contribution in [0.25, 0.3) is 0 Å². The standard InChI is InChI=1S/C17H19ClO7/c1-8(19)24-14-11-6-10(18)7-12(21-3)13(11)15(25-9(2)20)17(23-5)16(14)22-4/h7,12H,6H2,1-5H3. The van der Waals surface area contributed by atoms with Crippen molar-refractivity contribution in [3.63, 3.8) is 0 Å². The lowest BCUT2D eigenvalue weighted by Gasteiger charge is -2.28. The zero-order valence-electron chi connectivity index (χ0n) is 14.6. The molecule has 1 unspecified atom stereocenters. The Morgan fingerprint density at radius 2 is 1.48 bits per heavy atom. The first-order valence-electron chi connectivity index (χ1n) is 7.40. The minimum atomic E-state index is -0.611. The number of allylic oxidation sites excluding steroid dienone is 1. The topological polar surface area (TPSA) is 80.3 Å². The predicted octanol–water partition coefficient (Wildman–Crippen LogP) is 2.92. The van der Waals surface area contributed by atoms with Crippen molar-refractivity contribution in [3.05, 3.63) is 22.2 Å². The first-order chi connectivity index (χ1) is 11.8. The first kappa shape index (κ1) is 19.1. The number of esters is 2. The van der Waals surface area contributed by atoms with E-state index in [0.717, 1.165) is 0 Å². The highest BCUT2D eigenvalue weighted by molar-refractivity contribution is 6.30. The number of rotatable bonds is 5. The van der Waals surface area contributed by atoms with Crippen LogP contribution in [0.5, 0.6) is 23.0 Å². The van der Waals surface area contributed by atoms with Crippen LogP contribution in [0.2, 0.25) is 0 Å². The van der Waals surface area contributed by atoms with Gasteiger partial charge in [0.05, 0.1) is 14.2 Å². The molecule has 25 heavy (non-hydrogen) atoms. The van der Waals surface area contributed by atoms with Crippen LogP contribution in [0.3, 0.4) is 0 Å². The number of methoxy groups -OCH3 is 3. The summed E-state index contributed by atoms with van der Waals surface area (Å²) >= 11 is 6.21. The summed E-state index contributed by atoms with van der Waals surface area (Å²) in [6.07, 6.45) is 1.33. The molecule has 136 valence electrons. The lowest BCUT2D eigenvalue weighted by Crippen LogP contribution is -2.17. The third-order valence-corrected chi connectivity index (χ3v) is 3.84. The molecule has 1 aromatic rings. The average molecular weight is 371 g/mol. The van der Waals surface area contributed by atoms with E-state index in [1.165, 1.54) is 35.2 Å². The smallest absolute Gasteiger partial charge is 0.308 e. The van der Waals surface area contributed by atoms with Gasteiger partial charge in [0, 0.05) is 43.5 Å². The van der Waals surface area contributed by atoms with Crippen LogP contribution in [-0.4, -0.2) is 33.3 Å². The van der Waals surface area contributed by atoms with Crippen molar-refractivity contribution in [1.29, 1.82) is 0 Å². The Kier molecular flexibility index (Phi) is 5.92. The van der Waals surface area contributed by atoms with Gasteiger partial charge in [0.2, 0.25) is 11.5 Å². The molecule has 1 aliphatic rings. The van der Waals surface area contributed by atoms with E-state index in [9.17, 15) is 9.59 Å². The fraction of sp³-hybridized carbons (Fsp3) is 0.412. The highest BCUT2D eigenvalue weighted by Crippen LogP contribution is 2.54. The molecule has 0 aromatic heterocycles. The molecule has 0 saturated carbocycles. The van der Waals surface area contributed by atoms with Crippen molar-refractivity contribution in [2.24, 2.45) is 0 Å². The number of halogens is 1. The number of carbonyl (C=O) groups is 2. The minimum absolute atomic E-state index is 0.126. The fourth-order valence-corrected chi connectivity index (χ4v) is 2.98. The molecule has 0 radical (unpaired) electrons. The molecule has 2 rings (SSSR count). The molecule has 0 saturated heterocycles. The van der Waals surface area contributed by atoms with E-state index in [1.54, 1.807) is 6.08 Å². The van der Waals surface area contributed by atoms with E-state index in [1.807, 2.05) is 0 Å². The summed E-state index contributed by atoms with van der Waals surface area (Å²) in [5.41, 5.74) is 1.03. The third-order valence-electron chi connectivity index (χ3n) is 3.58. The monoisotopic (exact) mass is 370 g/mol. The maximum atomic E-state index is 11.6. The molecule has 0 N–H and O–H groups in total. The number of hydrogen-bond donors (Lipinski definition) is 0. The van der Waals surface area contributed by atoms with Crippen LogP contribution in [-0.2, 0) is 20.7 Å². The largest absolute Gasteiger partial charge is 0.490 e. The van der Waals surface area contributed by atoms with Crippen molar-refractivity contribution in [1.82, 2.24) is 0 Å². The molecule has 0 spiro atoms. The van der Waals surface area contributed by atoms with Gasteiger partial charge in [0.1, 0.15) is 6.10 Å². The second kappa shape index (κ2) is 7.76. The normalized spacial score (nSPS) is 15.8. The summed E-state index contributed by atoms with van der Waals surface area (Å²) in [5.74, 6) is -0.521. The molecule has 1 aromatic carbocycles. The molecule has 0 bridgehead atoms. The summed E-state index contributed by atoms with van der Waals surface area (Å²) in [5, 5.41) is 0.494. The van der Waals surface area contributed by atoms with Crippen LogP contribution >= 0.6 is 11.6 Å². The zero-order valence-corrected chi connectivity index (χ0v) is 15.4. The number of hydrogen-bond acceptors (Lipinski definition) is 7. The SMILES string of the molecule is COc1c(OC(C)=O)c2c(c(OC(C)=O)c1OC)C(OC)C=C(Cl)C2. The van der Waals surface area contributed by atoms with Gasteiger partial charge in [-0.05, 0) is 6.08 Å². The van der Waals surface area contributed by atoms with Crippen molar-refractivity contribution >= 4 is 23.5 Å². The van der Waals surface area contributed by atoms with Crippen LogP contribution in [0.1, 0.15) is 31.1 Å². The Labute approximate surface area is 150 Å². The average Bonchev–Trinajstić information content (AvgIpc) is 2.54. The lowest BCUT2D eigenvalue weighted by molar-refractivity contribution is -0.133. The van der Waals surface area contributed by atoms with E-state index >= 15 is 0 Å². The summed E-state index contributed by atoms with van der Waals surface area (Å²) in [7, 11) is 4.27. The van der Waals surface area contributed by atoms with Gasteiger partial charge in [-0.2, -0.15) is 0 Å². The van der Waals surface area contributed by atoms with Crippen molar-refractivity contribution < 1.29 is 33.3 Å². The van der Waals surface area contributed by atoms with Gasteiger partial charge in [-0.15, -0.1) is 0 Å². The Balaban J connectivity index is 2.88. The van der Waals surface area contributed by atoms with Gasteiger partial charge in [-0.3, -0.25) is 9.59 Å². The van der Waals surface area contributed by atoms with Gasteiger partial charge in [0.15, 0.2) is 11.5 Å². The van der Waals surface area contributed by atoms with Crippen molar-refractivity contribution in [2.45, 2.75) is 26.4 Å². The highest BCUT2D eigenvalue weighted by atomic mass is 35.5. The number of fused-ring (bicyclic) bond motifs is 1. The Bertz CT molecular complexity index is 739. The van der Waals surface area contributed by atoms with Crippen LogP contribution in [0.15, 0.2) is 11.1 Å². The lowest BCUT2D eigenvalue weighted by atomic mass is 9.91. The molecular formula is C17H19ClO7. The molecular weight excluding hydrogens is 352 g/mol. The Hall–Kier alpha value is -2.25. The van der Waals surface area contributed by atoms with E-state index in [4.69, 9.17) is 35.3 Å². The van der Waals surface area contributed by atoms with E-state index in [2.05, 4.69) is 0 Å². The van der Waals surface area contributed by atoms with Gasteiger partial charge in [0.25, 0.3) is 0 Å². The molecule has 1 atom stereocenters. The second-order valence-electron chi connectivity index (χ2n) is 5.25. The Morgan fingerprint density at radius 3 is 1.96 bits per heavy atom. The van der Waals surface area contributed by atoms with E-state index < -0.39 is 18.0 Å². The third kappa shape index (κ3) is 3.72. The number of carbonyl (C=O) groups excluding carboxylic acids is 2. The van der Waals surface area contributed by atoms with Crippen LogP contribution < -0.4 is 18.9 Å². The summed E-state index contributed by atoms with van der Waals surface area (Å²) in [4.78, 5) is 23.2. The molecule has 0 amide bonds. The van der Waals surface area contributed by atoms with Crippen LogP contribution in [0.4, 0.5) is 0 Å². The maximum Gasteiger partial charge on any atom is 0.308 e. The van der Waals surface area contributed by atoms with Gasteiger partial charge < -0.3 is 23.7 Å². The van der Waals surface area contributed by atoms with E-state index in [0.29, 0.717) is 16.2 Å². The van der Waals surface area contributed by atoms with Gasteiger partial charge in [-0.1, -0.05) is 11.6 Å². The summed E-state index contributed by atoms with van der Waals surface area (Å²) in [6, 6.07) is 0. The maximum absolute atomic E-state index is 11.6. The second-order valence-corrected chi connectivity index (χ2v) is 5.74. The minimum Gasteiger partial charge on any atom is -0.490 e. The molecule has 7 nitrogen and oxygen atoms in total.